The van der Waals surface area contributed by atoms with Gasteiger partial charge in [0.05, 0.1) is 5.69 Å². The number of carbonyl (C=O) groups excluding carboxylic acids is 1. The van der Waals surface area contributed by atoms with Gasteiger partial charge in [-0.15, -0.1) is 24.8 Å². The molecule has 150 valence electrons. The van der Waals surface area contributed by atoms with E-state index in [1.54, 1.807) is 12.1 Å². The van der Waals surface area contributed by atoms with Crippen LogP contribution in [0.3, 0.4) is 0 Å². The Morgan fingerprint density at radius 3 is 2.93 bits per heavy atom. The summed E-state index contributed by atoms with van der Waals surface area (Å²) >= 11 is 0. The summed E-state index contributed by atoms with van der Waals surface area (Å²) in [5.74, 6) is 0.600. The SMILES string of the molecule is Cc1ccc2nc(COc3cccc(C(=O)NC4CCNC4)c3)cn2c1.Cl.Cl. The second-order valence-electron chi connectivity index (χ2n) is 6.68. The van der Waals surface area contributed by atoms with Gasteiger partial charge in [-0.25, -0.2) is 4.98 Å². The number of hydrogen-bond acceptors (Lipinski definition) is 4. The number of nitrogens with one attached hydrogen (secondary N) is 2. The number of imidazole rings is 1. The molecule has 0 radical (unpaired) electrons. The summed E-state index contributed by atoms with van der Waals surface area (Å²) in [5.41, 5.74) is 3.54. The number of ether oxygens (including phenoxy) is 1. The van der Waals surface area contributed by atoms with Crippen LogP contribution in [0.4, 0.5) is 0 Å². The molecule has 6 nitrogen and oxygen atoms in total. The van der Waals surface area contributed by atoms with Crippen LogP contribution in [0.1, 0.15) is 28.0 Å². The van der Waals surface area contributed by atoms with Gasteiger partial charge in [0.1, 0.15) is 18.0 Å². The van der Waals surface area contributed by atoms with Crippen LogP contribution in [0.5, 0.6) is 5.75 Å². The Balaban J connectivity index is 0.00000140. The van der Waals surface area contributed by atoms with Crippen LogP contribution in [-0.2, 0) is 6.61 Å². The van der Waals surface area contributed by atoms with Gasteiger partial charge in [-0.2, -0.15) is 0 Å². The lowest BCUT2D eigenvalue weighted by atomic mass is 10.1. The third-order valence-corrected chi connectivity index (χ3v) is 4.53. The zero-order valence-electron chi connectivity index (χ0n) is 15.6. The first kappa shape index (κ1) is 22.0. The maximum absolute atomic E-state index is 12.4. The number of amides is 1. The second-order valence-corrected chi connectivity index (χ2v) is 6.68. The van der Waals surface area contributed by atoms with Gasteiger partial charge < -0.3 is 19.8 Å². The van der Waals surface area contributed by atoms with Crippen molar-refractivity contribution in [2.24, 2.45) is 0 Å². The molecule has 2 aromatic heterocycles. The molecule has 0 bridgehead atoms. The van der Waals surface area contributed by atoms with Crippen molar-refractivity contribution in [1.82, 2.24) is 20.0 Å². The van der Waals surface area contributed by atoms with Crippen LogP contribution >= 0.6 is 24.8 Å². The van der Waals surface area contributed by atoms with Gasteiger partial charge in [-0.3, -0.25) is 4.79 Å². The van der Waals surface area contributed by atoms with Crippen molar-refractivity contribution in [2.45, 2.75) is 26.0 Å². The Morgan fingerprint density at radius 2 is 2.14 bits per heavy atom. The first-order valence-corrected chi connectivity index (χ1v) is 8.86. The molecule has 1 fully saturated rings. The van der Waals surface area contributed by atoms with E-state index in [-0.39, 0.29) is 36.8 Å². The van der Waals surface area contributed by atoms with E-state index in [2.05, 4.69) is 15.6 Å². The summed E-state index contributed by atoms with van der Waals surface area (Å²) in [6, 6.07) is 11.5. The van der Waals surface area contributed by atoms with Gasteiger partial charge in [0, 0.05) is 30.5 Å². The van der Waals surface area contributed by atoms with E-state index in [1.165, 1.54) is 5.56 Å². The van der Waals surface area contributed by atoms with Gasteiger partial charge in [0.2, 0.25) is 0 Å². The van der Waals surface area contributed by atoms with Crippen LogP contribution < -0.4 is 15.4 Å². The first-order valence-electron chi connectivity index (χ1n) is 8.86. The van der Waals surface area contributed by atoms with Crippen LogP contribution in [0.2, 0.25) is 0 Å². The minimum absolute atomic E-state index is 0. The van der Waals surface area contributed by atoms with E-state index in [1.807, 2.05) is 48.0 Å². The lowest BCUT2D eigenvalue weighted by Crippen LogP contribution is -2.36. The topological polar surface area (TPSA) is 67.7 Å². The highest BCUT2D eigenvalue weighted by molar-refractivity contribution is 5.94. The van der Waals surface area contributed by atoms with Crippen LogP contribution in [0.15, 0.2) is 48.8 Å². The number of hydrogen-bond donors (Lipinski definition) is 2. The summed E-state index contributed by atoms with van der Waals surface area (Å²) in [5, 5.41) is 6.29. The monoisotopic (exact) mass is 422 g/mol. The second kappa shape index (κ2) is 9.78. The van der Waals surface area contributed by atoms with Crippen molar-refractivity contribution in [3.63, 3.8) is 0 Å². The lowest BCUT2D eigenvalue weighted by molar-refractivity contribution is 0.0939. The van der Waals surface area contributed by atoms with Crippen molar-refractivity contribution >= 4 is 36.4 Å². The van der Waals surface area contributed by atoms with Crippen molar-refractivity contribution in [1.29, 1.82) is 0 Å². The highest BCUT2D eigenvalue weighted by Gasteiger charge is 2.17. The molecule has 1 amide bonds. The molecule has 1 aromatic carbocycles. The molecule has 1 aliphatic heterocycles. The summed E-state index contributed by atoms with van der Waals surface area (Å²) in [7, 11) is 0. The number of rotatable bonds is 5. The number of pyridine rings is 1. The zero-order valence-corrected chi connectivity index (χ0v) is 17.2. The molecule has 4 rings (SSSR count). The molecule has 1 atom stereocenters. The van der Waals surface area contributed by atoms with E-state index in [0.29, 0.717) is 17.9 Å². The van der Waals surface area contributed by atoms with E-state index >= 15 is 0 Å². The summed E-state index contributed by atoms with van der Waals surface area (Å²) in [6.45, 7) is 4.19. The summed E-state index contributed by atoms with van der Waals surface area (Å²) in [4.78, 5) is 16.9. The van der Waals surface area contributed by atoms with Gasteiger partial charge in [-0.1, -0.05) is 12.1 Å². The Morgan fingerprint density at radius 1 is 1.29 bits per heavy atom. The van der Waals surface area contributed by atoms with Gasteiger partial charge in [0.25, 0.3) is 5.91 Å². The third-order valence-electron chi connectivity index (χ3n) is 4.53. The number of carbonyl (C=O) groups is 1. The number of fused-ring (bicyclic) bond motifs is 1. The largest absolute Gasteiger partial charge is 0.487 e. The molecule has 8 heteroatoms. The fourth-order valence-electron chi connectivity index (χ4n) is 3.16. The van der Waals surface area contributed by atoms with E-state index in [0.717, 1.165) is 30.9 Å². The first-order chi connectivity index (χ1) is 12.7. The van der Waals surface area contributed by atoms with Crippen molar-refractivity contribution in [3.8, 4) is 5.75 Å². The van der Waals surface area contributed by atoms with E-state index < -0.39 is 0 Å². The smallest absolute Gasteiger partial charge is 0.251 e. The Bertz CT molecular complexity index is 939. The average molecular weight is 423 g/mol. The van der Waals surface area contributed by atoms with Gasteiger partial charge in [0.15, 0.2) is 0 Å². The molecule has 3 heterocycles. The summed E-state index contributed by atoms with van der Waals surface area (Å²) < 4.78 is 7.84. The molecule has 1 saturated heterocycles. The number of aryl methyl sites for hydroxylation is 1. The fourth-order valence-corrected chi connectivity index (χ4v) is 3.16. The molecule has 2 N–H and O–H groups in total. The maximum atomic E-state index is 12.4. The van der Waals surface area contributed by atoms with E-state index in [9.17, 15) is 4.79 Å². The molecule has 3 aromatic rings. The molecule has 0 spiro atoms. The Kier molecular flexibility index (Phi) is 7.69. The maximum Gasteiger partial charge on any atom is 0.251 e. The average Bonchev–Trinajstić information content (AvgIpc) is 3.29. The minimum Gasteiger partial charge on any atom is -0.487 e. The lowest BCUT2D eigenvalue weighted by Gasteiger charge is -2.12. The standard InChI is InChI=1S/C20H22N4O2.2ClH/c1-14-5-6-19-22-17(12-24(19)11-14)13-26-18-4-2-3-15(9-18)20(25)23-16-7-8-21-10-16;;/h2-6,9,11-12,16,21H,7-8,10,13H2,1H3,(H,23,25);2*1H. The highest BCUT2D eigenvalue weighted by atomic mass is 35.5. The zero-order chi connectivity index (χ0) is 17.9. The Labute approximate surface area is 176 Å². The summed E-state index contributed by atoms with van der Waals surface area (Å²) in [6.07, 6.45) is 4.97. The van der Waals surface area contributed by atoms with Crippen molar-refractivity contribution < 1.29 is 9.53 Å². The van der Waals surface area contributed by atoms with E-state index in [4.69, 9.17) is 4.74 Å². The quantitative estimate of drug-likeness (QED) is 0.662. The molecular formula is C20H24Cl2N4O2. The van der Waals surface area contributed by atoms with Crippen molar-refractivity contribution in [3.05, 3.63) is 65.6 Å². The predicted molar refractivity (Wildman–Crippen MR) is 114 cm³/mol. The molecule has 0 saturated carbocycles. The van der Waals surface area contributed by atoms with Crippen LogP contribution in [0.25, 0.3) is 5.65 Å². The molecule has 28 heavy (non-hydrogen) atoms. The third kappa shape index (κ3) is 5.16. The van der Waals surface area contributed by atoms with Crippen LogP contribution in [-0.4, -0.2) is 34.4 Å². The van der Waals surface area contributed by atoms with Gasteiger partial charge >= 0.3 is 0 Å². The molecular weight excluding hydrogens is 399 g/mol. The number of nitrogens with zero attached hydrogens (tertiary/aromatic N) is 2. The fraction of sp³-hybridized carbons (Fsp3) is 0.300. The minimum atomic E-state index is -0.0626. The normalized spacial score (nSPS) is 15.5. The van der Waals surface area contributed by atoms with Gasteiger partial charge in [-0.05, 0) is 49.7 Å². The number of halogens is 2. The molecule has 0 aliphatic carbocycles. The van der Waals surface area contributed by atoms with Crippen molar-refractivity contribution in [2.75, 3.05) is 13.1 Å². The number of aromatic nitrogens is 2. The number of benzene rings is 1. The predicted octanol–water partition coefficient (Wildman–Crippen LogP) is 3.16. The Hall–Kier alpha value is -2.28. The molecule has 1 aliphatic rings. The molecule has 1 unspecified atom stereocenters. The highest BCUT2D eigenvalue weighted by Crippen LogP contribution is 2.16. The van der Waals surface area contributed by atoms with Crippen LogP contribution in [0, 0.1) is 6.92 Å².